The van der Waals surface area contributed by atoms with Gasteiger partial charge in [-0.1, -0.05) is 103 Å². The van der Waals surface area contributed by atoms with Gasteiger partial charge in [0.05, 0.1) is 17.2 Å². The van der Waals surface area contributed by atoms with Gasteiger partial charge in [0.2, 0.25) is 23.6 Å². The number of carbonyl (C=O) groups excluding carboxylic acids is 9. The molecule has 462 valence electrons. The largest absolute Gasteiger partial charge is 0.459 e. The van der Waals surface area contributed by atoms with Gasteiger partial charge in [-0.15, -0.1) is 0 Å². The maximum atomic E-state index is 14.9. The molecule has 20 nitrogen and oxygen atoms in total. The van der Waals surface area contributed by atoms with Gasteiger partial charge in [0, 0.05) is 69.5 Å². The lowest BCUT2D eigenvalue weighted by Crippen LogP contribution is -2.57. The van der Waals surface area contributed by atoms with Crippen molar-refractivity contribution >= 4 is 53.5 Å². The number of nitrogens with one attached hydrogen (secondary N) is 3. The minimum atomic E-state index is -1.47. The quantitative estimate of drug-likeness (QED) is 0.0393. The summed E-state index contributed by atoms with van der Waals surface area (Å²) in [6.07, 6.45) is 2.71. The Morgan fingerprint density at radius 1 is 0.552 bits per heavy atom. The summed E-state index contributed by atoms with van der Waals surface area (Å²) in [6, 6.07) is 37.2. The number of carbonyl (C=O) groups is 9. The first-order valence-electron chi connectivity index (χ1n) is 29.8. The van der Waals surface area contributed by atoms with Gasteiger partial charge in [-0.2, -0.15) is 0 Å². The summed E-state index contributed by atoms with van der Waals surface area (Å²) in [6.45, 7) is 8.66. The minimum Gasteiger partial charge on any atom is -0.459 e. The van der Waals surface area contributed by atoms with Crippen molar-refractivity contribution in [1.82, 2.24) is 40.4 Å². The predicted molar refractivity (Wildman–Crippen MR) is 327 cm³/mol. The molecule has 87 heavy (non-hydrogen) atoms. The maximum Gasteiger partial charge on any atom is 0.410 e. The lowest BCUT2D eigenvalue weighted by atomic mass is 10.1. The van der Waals surface area contributed by atoms with E-state index >= 15 is 0 Å². The molecule has 3 N–H and O–H groups in total. The highest BCUT2D eigenvalue weighted by molar-refractivity contribution is 5.97. The fraction of sp³-hybridized carbons (Fsp3) is 0.418. The van der Waals surface area contributed by atoms with Gasteiger partial charge in [0.1, 0.15) is 36.9 Å². The molecular formula is C67H82N8O12. The van der Waals surface area contributed by atoms with Crippen molar-refractivity contribution in [2.45, 2.75) is 115 Å². The van der Waals surface area contributed by atoms with Gasteiger partial charge in [0.15, 0.2) is 0 Å². The van der Waals surface area contributed by atoms with Crippen molar-refractivity contribution in [2.75, 3.05) is 66.6 Å². The highest BCUT2D eigenvalue weighted by atomic mass is 16.6. The van der Waals surface area contributed by atoms with Gasteiger partial charge in [-0.05, 0) is 134 Å². The number of likely N-dealkylation sites (N-methyl/N-ethyl adjacent to an activating group) is 2. The van der Waals surface area contributed by atoms with Gasteiger partial charge in [-0.3, -0.25) is 33.7 Å². The summed E-state index contributed by atoms with van der Waals surface area (Å²) in [5.41, 5.74) is 1.99. The number of benzene rings is 5. The second-order valence-corrected chi connectivity index (χ2v) is 23.0. The Hall–Kier alpha value is -8.91. The third-order valence-corrected chi connectivity index (χ3v) is 15.6. The zero-order chi connectivity index (χ0) is 62.6. The van der Waals surface area contributed by atoms with Crippen molar-refractivity contribution in [1.29, 1.82) is 0 Å². The number of esters is 2. The Balaban J connectivity index is 1.06. The molecule has 2 heterocycles. The first kappa shape index (κ1) is 65.6. The van der Waals surface area contributed by atoms with Gasteiger partial charge in [-0.25, -0.2) is 14.4 Å². The Labute approximate surface area is 509 Å². The van der Waals surface area contributed by atoms with Crippen LogP contribution in [0.3, 0.4) is 0 Å². The molecule has 6 atom stereocenters. The van der Waals surface area contributed by atoms with Crippen LogP contribution < -0.4 is 16.0 Å². The van der Waals surface area contributed by atoms with Crippen molar-refractivity contribution in [3.63, 3.8) is 0 Å². The SMILES string of the molecule is CN[C@@H](C)C(=O)N[C@@H](COC(=O)c1cccc(C(=O)OC[C@H](NC(=O)[C@H](C)N(C)C(=O)OC(C)(C)C)C(=O)N2CCC[C@H]2CN(CCc2ccccc2)C(=O)c2ccccc2)c1)C(=O)N1CCC[C@H]1CN(CCc1ccccc1)C(=O)c1ccccc1. The average molecular weight is 1190 g/mol. The lowest BCUT2D eigenvalue weighted by molar-refractivity contribution is -0.139. The molecule has 0 saturated carbocycles. The fourth-order valence-electron chi connectivity index (χ4n) is 10.4. The van der Waals surface area contributed by atoms with Crippen LogP contribution in [0, 0.1) is 0 Å². The molecule has 7 rings (SSSR count). The third-order valence-electron chi connectivity index (χ3n) is 15.6. The summed E-state index contributed by atoms with van der Waals surface area (Å²) in [5.74, 6) is -4.63. The predicted octanol–water partition coefficient (Wildman–Crippen LogP) is 6.59. The molecule has 0 aliphatic carbocycles. The monoisotopic (exact) mass is 1190 g/mol. The van der Waals surface area contributed by atoms with E-state index in [0.29, 0.717) is 69.3 Å². The van der Waals surface area contributed by atoms with Crippen LogP contribution in [0.25, 0.3) is 0 Å². The Morgan fingerprint density at radius 3 is 1.34 bits per heavy atom. The molecule has 20 heteroatoms. The fourth-order valence-corrected chi connectivity index (χ4v) is 10.4. The Kier molecular flexibility index (Phi) is 23.7. The molecular weight excluding hydrogens is 1110 g/mol. The van der Waals surface area contributed by atoms with Crippen molar-refractivity contribution in [3.05, 3.63) is 179 Å². The van der Waals surface area contributed by atoms with Crippen LogP contribution in [0.5, 0.6) is 0 Å². The number of nitrogens with zero attached hydrogens (tertiary/aromatic N) is 5. The van der Waals surface area contributed by atoms with E-state index in [2.05, 4.69) is 16.0 Å². The molecule has 2 saturated heterocycles. The van der Waals surface area contributed by atoms with Crippen LogP contribution >= 0.6 is 0 Å². The van der Waals surface area contributed by atoms with Crippen molar-refractivity contribution in [3.8, 4) is 0 Å². The standard InChI is InChI=1S/C67H82N8O12/c1-46(68-6)58(76)69-56(62(80)74-37-21-33-54(74)42-72(39-35-48-23-12-8-13-24-48)60(78)50-27-16-10-17-28-50)44-85-64(82)52-31-20-32-53(41-52)65(83)86-45-57(70-59(77)47(2)71(7)66(84)87-67(3,4)5)63(81)75-38-22-34-55(75)43-73(40-36-49-25-14-9-15-26-49)61(79)51-29-18-11-19-30-51/h8-20,23-32,41,46-47,54-57,68H,21-22,33-40,42-45H2,1-7H3,(H,69,76)(H,70,77)/t46-,47-,54-,55-,56-,57-/m0/s1. The summed E-state index contributed by atoms with van der Waals surface area (Å²) in [4.78, 5) is 134. The normalized spacial score (nSPS) is 16.1. The zero-order valence-corrected chi connectivity index (χ0v) is 50.9. The van der Waals surface area contributed by atoms with Crippen LogP contribution in [0.2, 0.25) is 0 Å². The summed E-state index contributed by atoms with van der Waals surface area (Å²) in [7, 11) is 2.98. The van der Waals surface area contributed by atoms with Crippen molar-refractivity contribution in [2.24, 2.45) is 0 Å². The number of amides is 7. The second kappa shape index (κ2) is 31.5. The van der Waals surface area contributed by atoms with E-state index in [1.165, 1.54) is 38.2 Å². The van der Waals surface area contributed by atoms with Crippen molar-refractivity contribution < 1.29 is 57.4 Å². The highest BCUT2D eigenvalue weighted by Crippen LogP contribution is 2.24. The first-order valence-corrected chi connectivity index (χ1v) is 29.8. The molecule has 2 fully saturated rings. The van der Waals surface area contributed by atoms with Gasteiger partial charge in [0.25, 0.3) is 11.8 Å². The van der Waals surface area contributed by atoms with E-state index in [4.69, 9.17) is 14.2 Å². The molecule has 0 aromatic heterocycles. The van der Waals surface area contributed by atoms with Crippen LogP contribution in [-0.2, 0) is 46.2 Å². The van der Waals surface area contributed by atoms with E-state index in [1.54, 1.807) is 103 Å². The second-order valence-electron chi connectivity index (χ2n) is 23.0. The summed E-state index contributed by atoms with van der Waals surface area (Å²) in [5, 5.41) is 8.34. The third kappa shape index (κ3) is 18.8. The lowest BCUT2D eigenvalue weighted by Gasteiger charge is -2.34. The molecule has 2 aliphatic rings. The zero-order valence-electron chi connectivity index (χ0n) is 50.9. The molecule has 0 unspecified atom stereocenters. The number of hydrogen-bond donors (Lipinski definition) is 3. The molecule has 5 aromatic rings. The molecule has 5 aromatic carbocycles. The summed E-state index contributed by atoms with van der Waals surface area (Å²) >= 11 is 0. The van der Waals surface area contributed by atoms with E-state index in [0.717, 1.165) is 16.0 Å². The van der Waals surface area contributed by atoms with E-state index in [1.807, 2.05) is 72.8 Å². The minimum absolute atomic E-state index is 0.0974. The van der Waals surface area contributed by atoms with Gasteiger partial charge >= 0.3 is 18.0 Å². The van der Waals surface area contributed by atoms with Crippen LogP contribution in [0.1, 0.15) is 113 Å². The van der Waals surface area contributed by atoms with E-state index in [9.17, 15) is 43.2 Å². The van der Waals surface area contributed by atoms with E-state index in [-0.39, 0.29) is 42.6 Å². The first-order chi connectivity index (χ1) is 41.7. The summed E-state index contributed by atoms with van der Waals surface area (Å²) < 4.78 is 17.0. The van der Waals surface area contributed by atoms with E-state index < -0.39 is 96.7 Å². The van der Waals surface area contributed by atoms with Crippen LogP contribution in [0.4, 0.5) is 4.79 Å². The Bertz CT molecular complexity index is 3150. The van der Waals surface area contributed by atoms with Gasteiger partial charge < -0.3 is 49.8 Å². The Morgan fingerprint density at radius 2 is 0.943 bits per heavy atom. The molecule has 7 amide bonds. The number of likely N-dealkylation sites (tertiary alicyclic amines) is 2. The smallest absolute Gasteiger partial charge is 0.410 e. The number of hydrogen-bond acceptors (Lipinski definition) is 13. The average Bonchev–Trinajstić information content (AvgIpc) is 3.42. The number of ether oxygens (including phenoxy) is 3. The molecule has 2 aliphatic heterocycles. The van der Waals surface area contributed by atoms with Crippen LogP contribution in [0.15, 0.2) is 146 Å². The molecule has 0 bridgehead atoms. The van der Waals surface area contributed by atoms with Crippen LogP contribution in [-0.4, -0.2) is 186 Å². The number of rotatable bonds is 26. The molecule has 0 radical (unpaired) electrons. The maximum absolute atomic E-state index is 14.9. The highest BCUT2D eigenvalue weighted by Gasteiger charge is 2.40. The topological polar surface area (TPSA) is 234 Å². The molecule has 0 spiro atoms.